The zero-order chi connectivity index (χ0) is 12.1. The van der Waals surface area contributed by atoms with Gasteiger partial charge in [0, 0.05) is 18.3 Å². The number of hydrogen-bond acceptors (Lipinski definition) is 2. The lowest BCUT2D eigenvalue weighted by atomic mass is 10.1. The molecule has 2 atom stereocenters. The van der Waals surface area contributed by atoms with Gasteiger partial charge in [-0.1, -0.05) is 19.1 Å². The first-order valence-electron chi connectivity index (χ1n) is 6.14. The number of benzene rings is 1. The summed E-state index contributed by atoms with van der Waals surface area (Å²) >= 11 is 0. The van der Waals surface area contributed by atoms with Gasteiger partial charge in [-0.15, -0.1) is 0 Å². The topological polar surface area (TPSA) is 23.5 Å². The SMILES string of the molecule is CCC(C)N(CC)c1ccc(C(C)O)cc1. The van der Waals surface area contributed by atoms with E-state index in [4.69, 9.17) is 0 Å². The molecule has 2 unspecified atom stereocenters. The summed E-state index contributed by atoms with van der Waals surface area (Å²) in [5, 5.41) is 9.45. The molecule has 0 spiro atoms. The van der Waals surface area contributed by atoms with Crippen molar-refractivity contribution >= 4 is 5.69 Å². The molecule has 0 bridgehead atoms. The maximum atomic E-state index is 9.45. The fourth-order valence-corrected chi connectivity index (χ4v) is 1.91. The minimum Gasteiger partial charge on any atom is -0.389 e. The summed E-state index contributed by atoms with van der Waals surface area (Å²) < 4.78 is 0. The Bertz CT molecular complexity index is 305. The predicted octanol–water partition coefficient (Wildman–Crippen LogP) is 3.36. The summed E-state index contributed by atoms with van der Waals surface area (Å²) in [6.07, 6.45) is 0.763. The monoisotopic (exact) mass is 221 g/mol. The number of hydrogen-bond donors (Lipinski definition) is 1. The first-order valence-corrected chi connectivity index (χ1v) is 6.14. The van der Waals surface area contributed by atoms with Crippen molar-refractivity contribution in [1.29, 1.82) is 0 Å². The van der Waals surface area contributed by atoms with Crippen LogP contribution in [0.3, 0.4) is 0 Å². The molecule has 0 aromatic heterocycles. The van der Waals surface area contributed by atoms with Crippen molar-refractivity contribution in [2.24, 2.45) is 0 Å². The summed E-state index contributed by atoms with van der Waals surface area (Å²) in [7, 11) is 0. The molecule has 1 aromatic carbocycles. The molecule has 0 aliphatic rings. The van der Waals surface area contributed by atoms with E-state index < -0.39 is 0 Å². The highest BCUT2D eigenvalue weighted by atomic mass is 16.3. The molecule has 2 heteroatoms. The van der Waals surface area contributed by atoms with Crippen LogP contribution in [-0.2, 0) is 0 Å². The van der Waals surface area contributed by atoms with Crippen molar-refractivity contribution in [3.8, 4) is 0 Å². The summed E-state index contributed by atoms with van der Waals surface area (Å²) in [4.78, 5) is 2.38. The van der Waals surface area contributed by atoms with E-state index in [0.717, 1.165) is 18.5 Å². The molecular weight excluding hydrogens is 198 g/mol. The lowest BCUT2D eigenvalue weighted by Gasteiger charge is -2.29. The van der Waals surface area contributed by atoms with E-state index in [0.29, 0.717) is 6.04 Å². The minimum absolute atomic E-state index is 0.382. The molecule has 2 nitrogen and oxygen atoms in total. The van der Waals surface area contributed by atoms with Crippen molar-refractivity contribution in [3.05, 3.63) is 29.8 Å². The Balaban J connectivity index is 2.86. The van der Waals surface area contributed by atoms with Gasteiger partial charge in [0.1, 0.15) is 0 Å². The molecule has 1 N–H and O–H groups in total. The molecule has 1 aromatic rings. The normalized spacial score (nSPS) is 14.6. The largest absolute Gasteiger partial charge is 0.389 e. The van der Waals surface area contributed by atoms with Crippen LogP contribution in [0.2, 0.25) is 0 Å². The number of aliphatic hydroxyl groups is 1. The number of rotatable bonds is 5. The van der Waals surface area contributed by atoms with Crippen LogP contribution in [0.5, 0.6) is 0 Å². The molecule has 1 rings (SSSR count). The standard InChI is InChI=1S/C14H23NO/c1-5-11(3)15(6-2)14-9-7-13(8-10-14)12(4)16/h7-12,16H,5-6H2,1-4H3. The third kappa shape index (κ3) is 2.99. The molecule has 0 radical (unpaired) electrons. The smallest absolute Gasteiger partial charge is 0.0761 e. The van der Waals surface area contributed by atoms with Crippen LogP contribution in [0.25, 0.3) is 0 Å². The van der Waals surface area contributed by atoms with Crippen LogP contribution in [0, 0.1) is 0 Å². The maximum absolute atomic E-state index is 9.45. The lowest BCUT2D eigenvalue weighted by Crippen LogP contribution is -2.32. The summed E-state index contributed by atoms with van der Waals surface area (Å²) in [6, 6.07) is 8.76. The van der Waals surface area contributed by atoms with Gasteiger partial charge in [0.15, 0.2) is 0 Å². The second-order valence-corrected chi connectivity index (χ2v) is 4.31. The number of anilines is 1. The van der Waals surface area contributed by atoms with Gasteiger partial charge in [-0.2, -0.15) is 0 Å². The molecule has 0 aliphatic carbocycles. The van der Waals surface area contributed by atoms with Crippen LogP contribution < -0.4 is 4.90 Å². The van der Waals surface area contributed by atoms with E-state index in [1.807, 2.05) is 12.1 Å². The molecule has 0 amide bonds. The lowest BCUT2D eigenvalue weighted by molar-refractivity contribution is 0.199. The number of aliphatic hydroxyl groups excluding tert-OH is 1. The van der Waals surface area contributed by atoms with Crippen LogP contribution in [-0.4, -0.2) is 17.7 Å². The predicted molar refractivity (Wildman–Crippen MR) is 69.8 cm³/mol. The van der Waals surface area contributed by atoms with E-state index in [9.17, 15) is 5.11 Å². The van der Waals surface area contributed by atoms with Gasteiger partial charge in [-0.3, -0.25) is 0 Å². The van der Waals surface area contributed by atoms with Gasteiger partial charge in [0.2, 0.25) is 0 Å². The molecule has 0 saturated heterocycles. The quantitative estimate of drug-likeness (QED) is 0.824. The highest BCUT2D eigenvalue weighted by molar-refractivity contribution is 5.48. The first kappa shape index (κ1) is 13.0. The molecule has 0 fully saturated rings. The van der Waals surface area contributed by atoms with Gasteiger partial charge < -0.3 is 10.0 Å². The Labute approximate surface area is 98.9 Å². The fourth-order valence-electron chi connectivity index (χ4n) is 1.91. The highest BCUT2D eigenvalue weighted by Crippen LogP contribution is 2.21. The Morgan fingerprint density at radius 1 is 1.12 bits per heavy atom. The Kier molecular flexibility index (Phi) is 4.81. The highest BCUT2D eigenvalue weighted by Gasteiger charge is 2.11. The van der Waals surface area contributed by atoms with E-state index in [1.54, 1.807) is 6.92 Å². The van der Waals surface area contributed by atoms with E-state index in [2.05, 4.69) is 37.8 Å². The van der Waals surface area contributed by atoms with Crippen molar-refractivity contribution in [2.45, 2.75) is 46.3 Å². The van der Waals surface area contributed by atoms with Gasteiger partial charge in [0.25, 0.3) is 0 Å². The van der Waals surface area contributed by atoms with E-state index in [1.165, 1.54) is 5.69 Å². The number of nitrogens with zero attached hydrogens (tertiary/aromatic N) is 1. The Hall–Kier alpha value is -1.02. The van der Waals surface area contributed by atoms with Crippen LogP contribution in [0.15, 0.2) is 24.3 Å². The fraction of sp³-hybridized carbons (Fsp3) is 0.571. The Morgan fingerprint density at radius 2 is 1.69 bits per heavy atom. The van der Waals surface area contributed by atoms with Gasteiger partial charge in [0.05, 0.1) is 6.10 Å². The van der Waals surface area contributed by atoms with E-state index in [-0.39, 0.29) is 6.10 Å². The van der Waals surface area contributed by atoms with Gasteiger partial charge in [-0.25, -0.2) is 0 Å². The van der Waals surface area contributed by atoms with E-state index >= 15 is 0 Å². The van der Waals surface area contributed by atoms with Crippen LogP contribution in [0.1, 0.15) is 45.8 Å². The molecule has 90 valence electrons. The van der Waals surface area contributed by atoms with Crippen molar-refractivity contribution < 1.29 is 5.11 Å². The molecule has 0 heterocycles. The average molecular weight is 221 g/mol. The maximum Gasteiger partial charge on any atom is 0.0761 e. The van der Waals surface area contributed by atoms with Crippen LogP contribution in [0.4, 0.5) is 5.69 Å². The molecule has 0 saturated carbocycles. The first-order chi connectivity index (χ1) is 7.60. The molecule has 16 heavy (non-hydrogen) atoms. The molecular formula is C14H23NO. The van der Waals surface area contributed by atoms with Crippen LogP contribution >= 0.6 is 0 Å². The third-order valence-electron chi connectivity index (χ3n) is 3.17. The van der Waals surface area contributed by atoms with Crippen molar-refractivity contribution in [1.82, 2.24) is 0 Å². The van der Waals surface area contributed by atoms with Crippen molar-refractivity contribution in [2.75, 3.05) is 11.4 Å². The Morgan fingerprint density at radius 3 is 2.06 bits per heavy atom. The average Bonchev–Trinajstić information content (AvgIpc) is 2.30. The second-order valence-electron chi connectivity index (χ2n) is 4.31. The van der Waals surface area contributed by atoms with Gasteiger partial charge in [-0.05, 0) is 44.9 Å². The summed E-state index contributed by atoms with van der Waals surface area (Å²) in [5.74, 6) is 0. The summed E-state index contributed by atoms with van der Waals surface area (Å²) in [5.41, 5.74) is 2.21. The molecule has 0 aliphatic heterocycles. The summed E-state index contributed by atoms with van der Waals surface area (Å²) in [6.45, 7) is 9.43. The minimum atomic E-state index is -0.382. The second kappa shape index (κ2) is 5.90. The third-order valence-corrected chi connectivity index (χ3v) is 3.17. The zero-order valence-electron chi connectivity index (χ0n) is 10.8. The zero-order valence-corrected chi connectivity index (χ0v) is 10.8. The van der Waals surface area contributed by atoms with Crippen molar-refractivity contribution in [3.63, 3.8) is 0 Å². The van der Waals surface area contributed by atoms with Gasteiger partial charge >= 0.3 is 0 Å².